The molecular weight excluding hydrogens is 158 g/mol. The second-order valence-electron chi connectivity index (χ2n) is 2.46. The molecule has 0 fully saturated rings. The van der Waals surface area contributed by atoms with Crippen molar-refractivity contribution >= 4 is 23.3 Å². The Morgan fingerprint density at radius 2 is 2.36 bits per heavy atom. The van der Waals surface area contributed by atoms with E-state index in [0.29, 0.717) is 0 Å². The lowest BCUT2D eigenvalue weighted by molar-refractivity contribution is 1.10. The van der Waals surface area contributed by atoms with E-state index in [1.165, 1.54) is 0 Å². The lowest BCUT2D eigenvalue weighted by Crippen LogP contribution is -1.80. The zero-order valence-electron chi connectivity index (χ0n) is 6.01. The van der Waals surface area contributed by atoms with Gasteiger partial charge in [0.25, 0.3) is 0 Å². The van der Waals surface area contributed by atoms with Gasteiger partial charge in [-0.25, -0.2) is 0 Å². The summed E-state index contributed by atoms with van der Waals surface area (Å²) in [4.78, 5) is 3.06. The van der Waals surface area contributed by atoms with Crippen molar-refractivity contribution in [1.82, 2.24) is 15.2 Å². The van der Waals surface area contributed by atoms with Crippen LogP contribution in [0.15, 0.2) is 12.4 Å². The van der Waals surface area contributed by atoms with Gasteiger partial charge in [0, 0.05) is 6.20 Å². The highest BCUT2D eigenvalue weighted by Crippen LogP contribution is 2.11. The predicted octanol–water partition coefficient (Wildman–Crippen LogP) is 1.93. The molecule has 0 spiro atoms. The number of aryl methyl sites for hydroxylation is 1. The molecule has 0 saturated carbocycles. The van der Waals surface area contributed by atoms with E-state index in [1.807, 2.05) is 13.1 Å². The molecule has 0 aromatic carbocycles. The van der Waals surface area contributed by atoms with Crippen LogP contribution in [0.3, 0.4) is 0 Å². The molecule has 3 nitrogen and oxygen atoms in total. The van der Waals surface area contributed by atoms with Crippen LogP contribution < -0.4 is 0 Å². The van der Waals surface area contributed by atoms with Gasteiger partial charge in [-0.3, -0.25) is 5.10 Å². The van der Waals surface area contributed by atoms with E-state index < -0.39 is 0 Å². The summed E-state index contributed by atoms with van der Waals surface area (Å²) in [5.41, 5.74) is 1.97. The molecule has 2 N–H and O–H groups in total. The third-order valence-corrected chi connectivity index (χ3v) is 2.22. The third kappa shape index (κ3) is 0.867. The zero-order valence-corrected chi connectivity index (χ0v) is 6.83. The van der Waals surface area contributed by atoms with Gasteiger partial charge in [-0.15, -0.1) is 0 Å². The maximum absolute atomic E-state index is 5.17. The van der Waals surface area contributed by atoms with Gasteiger partial charge in [-0.1, -0.05) is 12.2 Å². The second kappa shape index (κ2) is 2.17. The summed E-state index contributed by atoms with van der Waals surface area (Å²) in [6, 6.07) is 0. The first-order chi connectivity index (χ1) is 5.29. The summed E-state index contributed by atoms with van der Waals surface area (Å²) in [6.45, 7) is 1.98. The minimum absolute atomic E-state index is 0.868. The highest BCUT2D eigenvalue weighted by atomic mass is 32.1. The van der Waals surface area contributed by atoms with E-state index in [0.717, 1.165) is 21.1 Å². The van der Waals surface area contributed by atoms with Gasteiger partial charge < -0.3 is 4.98 Å². The Morgan fingerprint density at radius 3 is 3.18 bits per heavy atom. The molecule has 2 heterocycles. The van der Waals surface area contributed by atoms with Crippen molar-refractivity contribution < 1.29 is 0 Å². The molecule has 2 rings (SSSR count). The first-order valence-electron chi connectivity index (χ1n) is 3.30. The van der Waals surface area contributed by atoms with Gasteiger partial charge in [-0.05, 0) is 12.5 Å². The largest absolute Gasteiger partial charge is 0.346 e. The molecule has 0 aliphatic carbocycles. The normalized spacial score (nSPS) is 10.6. The fourth-order valence-corrected chi connectivity index (χ4v) is 1.24. The summed E-state index contributed by atoms with van der Waals surface area (Å²) in [6.07, 6.45) is 3.62. The maximum atomic E-state index is 5.17. The number of H-pyrrole nitrogens is 2. The SMILES string of the molecule is Cc1c[nH]c2[nH]ncc2c1=S. The fraction of sp³-hybridized carbons (Fsp3) is 0.143. The molecule has 11 heavy (non-hydrogen) atoms. The average molecular weight is 165 g/mol. The van der Waals surface area contributed by atoms with Crippen molar-refractivity contribution in [2.24, 2.45) is 0 Å². The standard InChI is InChI=1S/C7H7N3S/c1-4-2-8-7-5(6(4)11)3-9-10-7/h2-3H,1H3,(H2,8,9,10,11). The van der Waals surface area contributed by atoms with Gasteiger partial charge >= 0.3 is 0 Å². The van der Waals surface area contributed by atoms with Crippen LogP contribution in [-0.2, 0) is 0 Å². The summed E-state index contributed by atoms with van der Waals surface area (Å²) < 4.78 is 0.868. The number of fused-ring (bicyclic) bond motifs is 1. The van der Waals surface area contributed by atoms with Crippen LogP contribution in [0.1, 0.15) is 5.56 Å². The molecule has 2 aromatic heterocycles. The number of aromatic nitrogens is 3. The van der Waals surface area contributed by atoms with Crippen molar-refractivity contribution in [2.75, 3.05) is 0 Å². The van der Waals surface area contributed by atoms with Crippen LogP contribution in [-0.4, -0.2) is 15.2 Å². The van der Waals surface area contributed by atoms with Crippen molar-refractivity contribution in [2.45, 2.75) is 6.92 Å². The molecule has 0 unspecified atom stereocenters. The van der Waals surface area contributed by atoms with Gasteiger partial charge in [0.1, 0.15) is 5.65 Å². The number of rotatable bonds is 0. The van der Waals surface area contributed by atoms with Crippen LogP contribution in [0.25, 0.3) is 11.0 Å². The highest BCUT2D eigenvalue weighted by molar-refractivity contribution is 7.71. The Labute approximate surface area is 68.5 Å². The zero-order chi connectivity index (χ0) is 7.84. The predicted molar refractivity (Wildman–Crippen MR) is 46.0 cm³/mol. The van der Waals surface area contributed by atoms with Crippen LogP contribution >= 0.6 is 12.2 Å². The second-order valence-corrected chi connectivity index (χ2v) is 2.87. The Bertz CT molecular complexity index is 440. The number of nitrogens with zero attached hydrogens (tertiary/aromatic N) is 1. The average Bonchev–Trinajstić information content (AvgIpc) is 2.45. The van der Waals surface area contributed by atoms with E-state index >= 15 is 0 Å². The van der Waals surface area contributed by atoms with E-state index in [9.17, 15) is 0 Å². The lowest BCUT2D eigenvalue weighted by atomic mass is 10.3. The fourth-order valence-electron chi connectivity index (χ4n) is 1.03. The van der Waals surface area contributed by atoms with Crippen molar-refractivity contribution in [3.63, 3.8) is 0 Å². The Hall–Kier alpha value is -1.16. The minimum atomic E-state index is 0.868. The van der Waals surface area contributed by atoms with Gasteiger partial charge in [-0.2, -0.15) is 5.10 Å². The number of pyridine rings is 1. The van der Waals surface area contributed by atoms with E-state index in [2.05, 4.69) is 15.2 Å². The maximum Gasteiger partial charge on any atom is 0.134 e. The van der Waals surface area contributed by atoms with E-state index in [-0.39, 0.29) is 0 Å². The lowest BCUT2D eigenvalue weighted by Gasteiger charge is -1.92. The third-order valence-electron chi connectivity index (χ3n) is 1.68. The summed E-state index contributed by atoms with van der Waals surface area (Å²) >= 11 is 5.17. The van der Waals surface area contributed by atoms with Gasteiger partial charge in [0.05, 0.1) is 16.1 Å². The smallest absolute Gasteiger partial charge is 0.134 e. The molecule has 56 valence electrons. The summed E-state index contributed by atoms with van der Waals surface area (Å²) in [7, 11) is 0. The van der Waals surface area contributed by atoms with E-state index in [1.54, 1.807) is 6.20 Å². The molecule has 0 amide bonds. The molecule has 0 aliphatic heterocycles. The molecular formula is C7H7N3S. The van der Waals surface area contributed by atoms with Crippen molar-refractivity contribution in [3.8, 4) is 0 Å². The summed E-state index contributed by atoms with van der Waals surface area (Å²) in [5, 5.41) is 7.68. The molecule has 0 saturated heterocycles. The Balaban J connectivity index is 3.05. The first kappa shape index (κ1) is 6.54. The minimum Gasteiger partial charge on any atom is -0.346 e. The topological polar surface area (TPSA) is 44.5 Å². The van der Waals surface area contributed by atoms with Crippen LogP contribution in [0.2, 0.25) is 0 Å². The van der Waals surface area contributed by atoms with Crippen LogP contribution in [0, 0.1) is 11.4 Å². The van der Waals surface area contributed by atoms with Crippen LogP contribution in [0.5, 0.6) is 0 Å². The molecule has 4 heteroatoms. The Morgan fingerprint density at radius 1 is 1.55 bits per heavy atom. The monoisotopic (exact) mass is 165 g/mol. The quantitative estimate of drug-likeness (QED) is 0.586. The van der Waals surface area contributed by atoms with E-state index in [4.69, 9.17) is 12.2 Å². The highest BCUT2D eigenvalue weighted by Gasteiger charge is 1.97. The first-order valence-corrected chi connectivity index (χ1v) is 3.71. The molecule has 2 aromatic rings. The van der Waals surface area contributed by atoms with Gasteiger partial charge in [0.15, 0.2) is 0 Å². The van der Waals surface area contributed by atoms with Gasteiger partial charge in [0.2, 0.25) is 0 Å². The van der Waals surface area contributed by atoms with Crippen molar-refractivity contribution in [3.05, 3.63) is 22.5 Å². The molecule has 0 atom stereocenters. The number of aromatic amines is 2. The number of hydrogen-bond acceptors (Lipinski definition) is 2. The molecule has 0 bridgehead atoms. The van der Waals surface area contributed by atoms with Crippen molar-refractivity contribution in [1.29, 1.82) is 0 Å². The molecule has 0 radical (unpaired) electrons. The Kier molecular flexibility index (Phi) is 1.29. The number of hydrogen-bond donors (Lipinski definition) is 2. The van der Waals surface area contributed by atoms with Crippen LogP contribution in [0.4, 0.5) is 0 Å². The molecule has 0 aliphatic rings. The number of nitrogens with one attached hydrogen (secondary N) is 2. The summed E-state index contributed by atoms with van der Waals surface area (Å²) in [5.74, 6) is 0.